The fraction of sp³-hybridized carbons (Fsp3) is 0.286. The monoisotopic (exact) mass is 371 g/mol. The lowest BCUT2D eigenvalue weighted by atomic mass is 10.1. The van der Waals surface area contributed by atoms with Gasteiger partial charge >= 0.3 is 0 Å². The lowest BCUT2D eigenvalue weighted by Crippen LogP contribution is -2.14. The molecule has 0 saturated carbocycles. The van der Waals surface area contributed by atoms with Crippen LogP contribution in [0.1, 0.15) is 28.1 Å². The minimum Gasteiger partial charge on any atom is -0.496 e. The topological polar surface area (TPSA) is 39.1 Å². The van der Waals surface area contributed by atoms with Crippen molar-refractivity contribution in [3.63, 3.8) is 0 Å². The van der Waals surface area contributed by atoms with Crippen LogP contribution in [0.25, 0.3) is 5.69 Å². The number of hydrogen-bond acceptors (Lipinski definition) is 3. The number of nitrogens with one attached hydrogen (secondary N) is 1. The van der Waals surface area contributed by atoms with Gasteiger partial charge in [0, 0.05) is 30.4 Å². The Morgan fingerprint density at radius 1 is 1.04 bits per heavy atom. The molecule has 3 rings (SSSR count). The van der Waals surface area contributed by atoms with Gasteiger partial charge < -0.3 is 10.1 Å². The van der Waals surface area contributed by atoms with Crippen LogP contribution in [0.3, 0.4) is 0 Å². The zero-order valence-electron chi connectivity index (χ0n) is 15.9. The van der Waals surface area contributed by atoms with E-state index < -0.39 is 11.6 Å². The molecular formula is C21H23F2N3O. The van der Waals surface area contributed by atoms with Crippen molar-refractivity contribution in [2.75, 3.05) is 7.11 Å². The molecule has 0 aliphatic carbocycles. The lowest BCUT2D eigenvalue weighted by Gasteiger charge is -2.10. The van der Waals surface area contributed by atoms with E-state index in [1.54, 1.807) is 7.11 Å². The van der Waals surface area contributed by atoms with Crippen molar-refractivity contribution in [1.29, 1.82) is 0 Å². The summed E-state index contributed by atoms with van der Waals surface area (Å²) in [4.78, 5) is 0. The molecule has 2 aromatic carbocycles. The smallest absolute Gasteiger partial charge is 0.151 e. The number of aromatic nitrogens is 2. The fourth-order valence-corrected chi connectivity index (χ4v) is 3.12. The van der Waals surface area contributed by atoms with Crippen molar-refractivity contribution < 1.29 is 13.5 Å². The summed E-state index contributed by atoms with van der Waals surface area (Å²) in [6.07, 6.45) is 0. The summed E-state index contributed by atoms with van der Waals surface area (Å²) in [7, 11) is 1.66. The van der Waals surface area contributed by atoms with Gasteiger partial charge in [0.05, 0.1) is 12.8 Å². The highest BCUT2D eigenvalue weighted by molar-refractivity contribution is 5.39. The molecule has 1 N–H and O–H groups in total. The number of aryl methyl sites for hydroxylation is 2. The number of nitrogens with zero attached hydrogens (tertiary/aromatic N) is 2. The number of halogens is 2. The summed E-state index contributed by atoms with van der Waals surface area (Å²) in [6, 6.07) is 9.61. The van der Waals surface area contributed by atoms with Gasteiger partial charge in [0.2, 0.25) is 0 Å². The summed E-state index contributed by atoms with van der Waals surface area (Å²) < 4.78 is 34.2. The van der Waals surface area contributed by atoms with E-state index in [4.69, 9.17) is 4.74 Å². The maximum absolute atomic E-state index is 14.1. The minimum absolute atomic E-state index is 0.242. The first-order chi connectivity index (χ1) is 12.9. The Balaban J connectivity index is 1.75. The largest absolute Gasteiger partial charge is 0.496 e. The molecular weight excluding hydrogens is 348 g/mol. The molecule has 0 saturated heterocycles. The molecule has 0 radical (unpaired) electrons. The van der Waals surface area contributed by atoms with Crippen molar-refractivity contribution >= 4 is 0 Å². The van der Waals surface area contributed by atoms with Crippen LogP contribution in [-0.4, -0.2) is 16.9 Å². The van der Waals surface area contributed by atoms with E-state index in [1.807, 2.05) is 32.9 Å². The Hall–Kier alpha value is -2.73. The molecule has 142 valence electrons. The summed E-state index contributed by atoms with van der Waals surface area (Å²) in [5, 5.41) is 7.83. The van der Waals surface area contributed by atoms with Crippen molar-refractivity contribution in [2.45, 2.75) is 33.9 Å². The average molecular weight is 371 g/mol. The quantitative estimate of drug-likeness (QED) is 0.699. The number of hydrogen-bond donors (Lipinski definition) is 1. The summed E-state index contributed by atoms with van der Waals surface area (Å²) >= 11 is 0. The van der Waals surface area contributed by atoms with E-state index in [0.29, 0.717) is 13.1 Å². The Kier molecular flexibility index (Phi) is 5.56. The Morgan fingerprint density at radius 2 is 1.81 bits per heavy atom. The van der Waals surface area contributed by atoms with Crippen LogP contribution in [0.4, 0.5) is 8.78 Å². The van der Waals surface area contributed by atoms with Crippen LogP contribution >= 0.6 is 0 Å². The molecule has 0 bridgehead atoms. The third-order valence-electron chi connectivity index (χ3n) is 4.68. The Labute approximate surface area is 157 Å². The second-order valence-electron chi connectivity index (χ2n) is 6.56. The van der Waals surface area contributed by atoms with E-state index in [1.165, 1.54) is 16.8 Å². The number of benzene rings is 2. The van der Waals surface area contributed by atoms with Crippen molar-refractivity contribution in [1.82, 2.24) is 15.1 Å². The van der Waals surface area contributed by atoms with Crippen LogP contribution in [-0.2, 0) is 13.1 Å². The van der Waals surface area contributed by atoms with E-state index in [2.05, 4.69) is 16.5 Å². The number of rotatable bonds is 6. The highest BCUT2D eigenvalue weighted by Gasteiger charge is 2.15. The molecule has 4 nitrogen and oxygen atoms in total. The number of methoxy groups -OCH3 is 1. The summed E-state index contributed by atoms with van der Waals surface area (Å²) in [5.74, 6) is -0.374. The molecule has 0 fully saturated rings. The predicted octanol–water partition coefficient (Wildman–Crippen LogP) is 4.37. The first kappa shape index (κ1) is 19.0. The molecule has 0 spiro atoms. The normalized spacial score (nSPS) is 11.0. The van der Waals surface area contributed by atoms with Crippen molar-refractivity contribution in [3.8, 4) is 11.4 Å². The maximum atomic E-state index is 14.1. The third-order valence-corrected chi connectivity index (χ3v) is 4.68. The van der Waals surface area contributed by atoms with Crippen LogP contribution in [0.15, 0.2) is 36.4 Å². The van der Waals surface area contributed by atoms with Gasteiger partial charge in [-0.1, -0.05) is 12.1 Å². The molecule has 1 heterocycles. The molecule has 0 aliphatic heterocycles. The highest BCUT2D eigenvalue weighted by atomic mass is 19.1. The van der Waals surface area contributed by atoms with Crippen LogP contribution in [0.5, 0.6) is 5.75 Å². The highest BCUT2D eigenvalue weighted by Crippen LogP contribution is 2.22. The third kappa shape index (κ3) is 4.01. The Morgan fingerprint density at radius 3 is 2.52 bits per heavy atom. The SMILES string of the molecule is COc1cc(CNCc2c(C)nn(-c3ccc(F)cc3F)c2C)ccc1C. The average Bonchev–Trinajstić information content (AvgIpc) is 2.91. The van der Waals surface area contributed by atoms with Gasteiger partial charge in [-0.2, -0.15) is 5.10 Å². The van der Waals surface area contributed by atoms with E-state index in [0.717, 1.165) is 39.9 Å². The molecule has 27 heavy (non-hydrogen) atoms. The molecule has 0 aliphatic rings. The predicted molar refractivity (Wildman–Crippen MR) is 101 cm³/mol. The minimum atomic E-state index is -0.633. The molecule has 0 amide bonds. The molecule has 0 unspecified atom stereocenters. The van der Waals surface area contributed by atoms with Gasteiger partial charge in [0.15, 0.2) is 5.82 Å². The van der Waals surface area contributed by atoms with E-state index >= 15 is 0 Å². The summed E-state index contributed by atoms with van der Waals surface area (Å²) in [5.41, 5.74) is 5.08. The van der Waals surface area contributed by atoms with Gasteiger partial charge in [-0.25, -0.2) is 13.5 Å². The second kappa shape index (κ2) is 7.88. The van der Waals surface area contributed by atoms with Crippen LogP contribution in [0, 0.1) is 32.4 Å². The van der Waals surface area contributed by atoms with Gasteiger partial charge in [-0.05, 0) is 50.1 Å². The zero-order valence-corrected chi connectivity index (χ0v) is 15.9. The Bertz CT molecular complexity index is 966. The van der Waals surface area contributed by atoms with E-state index in [-0.39, 0.29) is 5.69 Å². The van der Waals surface area contributed by atoms with Gasteiger partial charge in [-0.15, -0.1) is 0 Å². The first-order valence-corrected chi connectivity index (χ1v) is 8.75. The molecule has 0 atom stereocenters. The zero-order chi connectivity index (χ0) is 19.6. The fourth-order valence-electron chi connectivity index (χ4n) is 3.12. The van der Waals surface area contributed by atoms with Gasteiger partial charge in [0.25, 0.3) is 0 Å². The number of ether oxygens (including phenoxy) is 1. The van der Waals surface area contributed by atoms with Crippen molar-refractivity contribution in [2.24, 2.45) is 0 Å². The molecule has 6 heteroatoms. The molecule has 1 aromatic heterocycles. The lowest BCUT2D eigenvalue weighted by molar-refractivity contribution is 0.411. The molecule has 3 aromatic rings. The van der Waals surface area contributed by atoms with Crippen LogP contribution in [0.2, 0.25) is 0 Å². The van der Waals surface area contributed by atoms with Gasteiger partial charge in [-0.3, -0.25) is 0 Å². The maximum Gasteiger partial charge on any atom is 0.151 e. The van der Waals surface area contributed by atoms with Crippen LogP contribution < -0.4 is 10.1 Å². The summed E-state index contributed by atoms with van der Waals surface area (Å²) in [6.45, 7) is 7.04. The second-order valence-corrected chi connectivity index (χ2v) is 6.56. The van der Waals surface area contributed by atoms with E-state index in [9.17, 15) is 8.78 Å². The van der Waals surface area contributed by atoms with Gasteiger partial charge in [0.1, 0.15) is 17.3 Å². The first-order valence-electron chi connectivity index (χ1n) is 8.75. The standard InChI is InChI=1S/C21H23F2N3O/c1-13-5-6-16(9-21(13)27-4)11-24-12-18-14(2)25-26(15(18)3)20-8-7-17(22)10-19(20)23/h5-10,24H,11-12H2,1-4H3. The van der Waals surface area contributed by atoms with Crippen molar-refractivity contribution in [3.05, 3.63) is 76.1 Å².